The predicted octanol–water partition coefficient (Wildman–Crippen LogP) is 5.15. The number of aryl methyl sites for hydroxylation is 1. The quantitative estimate of drug-likeness (QED) is 0.436. The smallest absolute Gasteiger partial charge is 0.261 e. The van der Waals surface area contributed by atoms with E-state index in [0.717, 1.165) is 22.9 Å². The van der Waals surface area contributed by atoms with E-state index in [4.69, 9.17) is 4.74 Å². The lowest BCUT2D eigenvalue weighted by Crippen LogP contribution is -2.52. The van der Waals surface area contributed by atoms with Gasteiger partial charge in [-0.25, -0.2) is 0 Å². The van der Waals surface area contributed by atoms with Crippen molar-refractivity contribution in [3.63, 3.8) is 0 Å². The molecule has 32 heavy (non-hydrogen) atoms. The molecule has 0 saturated heterocycles. The highest BCUT2D eigenvalue weighted by atomic mass is 79.9. The lowest BCUT2D eigenvalue weighted by atomic mass is 10.1. The fraction of sp³-hybridized carbons (Fsp3) is 0.462. The van der Waals surface area contributed by atoms with Gasteiger partial charge in [-0.2, -0.15) is 0 Å². The maximum Gasteiger partial charge on any atom is 0.261 e. The molecular formula is C26H35BrN2O3. The second-order valence-electron chi connectivity index (χ2n) is 7.97. The minimum Gasteiger partial charge on any atom is -0.483 e. The summed E-state index contributed by atoms with van der Waals surface area (Å²) in [6, 6.07) is 15.4. The van der Waals surface area contributed by atoms with Gasteiger partial charge in [0.05, 0.1) is 4.47 Å². The van der Waals surface area contributed by atoms with Crippen molar-refractivity contribution in [3.05, 3.63) is 64.1 Å². The highest BCUT2D eigenvalue weighted by Crippen LogP contribution is 2.26. The molecule has 0 aromatic heterocycles. The molecular weight excluding hydrogens is 468 g/mol. The average molecular weight is 503 g/mol. The highest BCUT2D eigenvalue weighted by Gasteiger charge is 2.29. The fourth-order valence-electron chi connectivity index (χ4n) is 3.44. The molecule has 0 aliphatic carbocycles. The summed E-state index contributed by atoms with van der Waals surface area (Å²) in [5.74, 6) is 0.311. The molecule has 2 amide bonds. The maximum absolute atomic E-state index is 13.2. The molecule has 0 bridgehead atoms. The van der Waals surface area contributed by atoms with E-state index in [1.165, 1.54) is 5.56 Å². The zero-order valence-corrected chi connectivity index (χ0v) is 21.2. The summed E-state index contributed by atoms with van der Waals surface area (Å²) in [6.45, 7) is 8.36. The molecule has 2 rings (SSSR count). The summed E-state index contributed by atoms with van der Waals surface area (Å²) >= 11 is 3.52. The van der Waals surface area contributed by atoms with Gasteiger partial charge >= 0.3 is 0 Å². The van der Waals surface area contributed by atoms with Crippen molar-refractivity contribution >= 4 is 27.7 Å². The van der Waals surface area contributed by atoms with Crippen LogP contribution in [0.2, 0.25) is 0 Å². The first-order chi connectivity index (χ1) is 15.4. The summed E-state index contributed by atoms with van der Waals surface area (Å²) in [5, 5.41) is 3.03. The van der Waals surface area contributed by atoms with Gasteiger partial charge in [-0.1, -0.05) is 57.2 Å². The number of nitrogens with one attached hydrogen (secondary N) is 1. The first-order valence-electron chi connectivity index (χ1n) is 11.4. The normalized spacial score (nSPS) is 12.7. The SMILES string of the molecule is CCc1ccc(OCC(=O)N(CCc2ccccc2)[C@@H](CC)C(=O)N[C@H](C)CC)c(Br)c1. The van der Waals surface area contributed by atoms with Gasteiger partial charge in [0.15, 0.2) is 6.61 Å². The van der Waals surface area contributed by atoms with Gasteiger partial charge < -0.3 is 15.0 Å². The van der Waals surface area contributed by atoms with Crippen molar-refractivity contribution in [3.8, 4) is 5.75 Å². The van der Waals surface area contributed by atoms with E-state index in [9.17, 15) is 9.59 Å². The second-order valence-corrected chi connectivity index (χ2v) is 8.83. The van der Waals surface area contributed by atoms with Crippen LogP contribution in [0.1, 0.15) is 51.7 Å². The Kier molecular flexibility index (Phi) is 10.7. The molecule has 0 spiro atoms. The van der Waals surface area contributed by atoms with E-state index < -0.39 is 6.04 Å². The number of halogens is 1. The van der Waals surface area contributed by atoms with Gasteiger partial charge in [0, 0.05) is 12.6 Å². The van der Waals surface area contributed by atoms with Crippen LogP contribution < -0.4 is 10.1 Å². The monoisotopic (exact) mass is 502 g/mol. The van der Waals surface area contributed by atoms with Crippen LogP contribution in [0.3, 0.4) is 0 Å². The van der Waals surface area contributed by atoms with Crippen molar-refractivity contribution in [2.24, 2.45) is 0 Å². The number of benzene rings is 2. The Morgan fingerprint density at radius 3 is 2.34 bits per heavy atom. The van der Waals surface area contributed by atoms with Crippen LogP contribution in [-0.4, -0.2) is 41.9 Å². The summed E-state index contributed by atoms with van der Waals surface area (Å²) in [5.41, 5.74) is 2.31. The fourth-order valence-corrected chi connectivity index (χ4v) is 3.98. The number of nitrogens with zero attached hydrogens (tertiary/aromatic N) is 1. The molecule has 2 aromatic carbocycles. The Balaban J connectivity index is 2.15. The number of hydrogen-bond donors (Lipinski definition) is 1. The zero-order valence-electron chi connectivity index (χ0n) is 19.6. The molecule has 5 nitrogen and oxygen atoms in total. The topological polar surface area (TPSA) is 58.6 Å². The van der Waals surface area contributed by atoms with E-state index in [0.29, 0.717) is 25.1 Å². The Bertz CT molecular complexity index is 873. The first kappa shape index (κ1) is 25.9. The van der Waals surface area contributed by atoms with Gasteiger partial charge in [0.25, 0.3) is 5.91 Å². The number of rotatable bonds is 12. The Morgan fingerprint density at radius 2 is 1.75 bits per heavy atom. The highest BCUT2D eigenvalue weighted by molar-refractivity contribution is 9.10. The van der Waals surface area contributed by atoms with Crippen molar-refractivity contribution < 1.29 is 14.3 Å². The molecule has 0 heterocycles. The number of amides is 2. The van der Waals surface area contributed by atoms with E-state index in [1.54, 1.807) is 4.90 Å². The number of hydrogen-bond acceptors (Lipinski definition) is 3. The molecule has 6 heteroatoms. The number of ether oxygens (including phenoxy) is 1. The molecule has 0 saturated carbocycles. The summed E-state index contributed by atoms with van der Waals surface area (Å²) in [7, 11) is 0. The van der Waals surface area contributed by atoms with Crippen LogP contribution in [0.15, 0.2) is 53.0 Å². The molecule has 1 N–H and O–H groups in total. The molecule has 174 valence electrons. The lowest BCUT2D eigenvalue weighted by molar-refractivity contribution is -0.142. The Morgan fingerprint density at radius 1 is 1.03 bits per heavy atom. The minimum absolute atomic E-state index is 0.0620. The van der Waals surface area contributed by atoms with Crippen molar-refractivity contribution in [1.82, 2.24) is 10.2 Å². The Hall–Kier alpha value is -2.34. The third kappa shape index (κ3) is 7.66. The van der Waals surface area contributed by atoms with Crippen LogP contribution >= 0.6 is 15.9 Å². The average Bonchev–Trinajstić information content (AvgIpc) is 2.81. The van der Waals surface area contributed by atoms with Crippen LogP contribution in [0.5, 0.6) is 5.75 Å². The van der Waals surface area contributed by atoms with Crippen LogP contribution in [-0.2, 0) is 22.4 Å². The first-order valence-corrected chi connectivity index (χ1v) is 12.2. The van der Waals surface area contributed by atoms with Gasteiger partial charge in [-0.3, -0.25) is 9.59 Å². The predicted molar refractivity (Wildman–Crippen MR) is 133 cm³/mol. The van der Waals surface area contributed by atoms with Crippen molar-refractivity contribution in [1.29, 1.82) is 0 Å². The van der Waals surface area contributed by atoms with Crippen LogP contribution in [0.25, 0.3) is 0 Å². The molecule has 0 radical (unpaired) electrons. The number of carbonyl (C=O) groups is 2. The van der Waals surface area contributed by atoms with Crippen molar-refractivity contribution in [2.45, 2.75) is 65.5 Å². The minimum atomic E-state index is -0.533. The number of carbonyl (C=O) groups excluding carboxylic acids is 2. The molecule has 0 aliphatic rings. The largest absolute Gasteiger partial charge is 0.483 e. The van der Waals surface area contributed by atoms with Crippen LogP contribution in [0.4, 0.5) is 0 Å². The van der Waals surface area contributed by atoms with E-state index in [2.05, 4.69) is 28.2 Å². The third-order valence-corrected chi connectivity index (χ3v) is 6.25. The Labute approximate surface area is 200 Å². The van der Waals surface area contributed by atoms with E-state index in [-0.39, 0.29) is 24.5 Å². The third-order valence-electron chi connectivity index (χ3n) is 5.63. The summed E-state index contributed by atoms with van der Waals surface area (Å²) < 4.78 is 6.66. The van der Waals surface area contributed by atoms with Gasteiger partial charge in [0.2, 0.25) is 5.91 Å². The van der Waals surface area contributed by atoms with Gasteiger partial charge in [-0.15, -0.1) is 0 Å². The molecule has 0 fully saturated rings. The zero-order chi connectivity index (χ0) is 23.5. The molecule has 2 aromatic rings. The maximum atomic E-state index is 13.2. The molecule has 0 aliphatic heterocycles. The van der Waals surface area contributed by atoms with Crippen molar-refractivity contribution in [2.75, 3.05) is 13.2 Å². The van der Waals surface area contributed by atoms with Crippen LogP contribution in [0, 0.1) is 0 Å². The van der Waals surface area contributed by atoms with Gasteiger partial charge in [-0.05, 0) is 71.8 Å². The summed E-state index contributed by atoms with van der Waals surface area (Å²) in [4.78, 5) is 27.9. The molecule has 2 atom stereocenters. The molecule has 0 unspecified atom stereocenters. The van der Waals surface area contributed by atoms with E-state index in [1.807, 2.05) is 69.3 Å². The summed E-state index contributed by atoms with van der Waals surface area (Å²) in [6.07, 6.45) is 2.98. The van der Waals surface area contributed by atoms with Gasteiger partial charge in [0.1, 0.15) is 11.8 Å². The standard InChI is InChI=1S/C26H35BrN2O3/c1-5-19(4)28-26(31)23(7-3)29(16-15-21-11-9-8-10-12-21)25(30)18-32-24-14-13-20(6-2)17-22(24)27/h8-14,17,19,23H,5-7,15-16,18H2,1-4H3,(H,28,31)/t19-,23+/m1/s1. The van der Waals surface area contributed by atoms with E-state index >= 15 is 0 Å². The second kappa shape index (κ2) is 13.3. The lowest BCUT2D eigenvalue weighted by Gasteiger charge is -2.31.